The first-order valence-electron chi connectivity index (χ1n) is 11.7. The molecule has 9 heteroatoms. The zero-order valence-corrected chi connectivity index (χ0v) is 18.9. The minimum atomic E-state index is -1.21. The van der Waals surface area contributed by atoms with Gasteiger partial charge in [0, 0.05) is 30.8 Å². The Morgan fingerprint density at radius 2 is 2.03 bits per heavy atom. The second kappa shape index (κ2) is 10.9. The molecule has 1 aliphatic carbocycles. The Kier molecular flexibility index (Phi) is 7.72. The van der Waals surface area contributed by atoms with Crippen LogP contribution >= 0.6 is 0 Å². The second-order valence-corrected chi connectivity index (χ2v) is 8.99. The molecule has 1 fully saturated rings. The van der Waals surface area contributed by atoms with Crippen molar-refractivity contribution in [3.8, 4) is 0 Å². The number of nitrogens with zero attached hydrogens (tertiary/aromatic N) is 1. The molecule has 0 spiro atoms. The van der Waals surface area contributed by atoms with Crippen molar-refractivity contribution in [3.63, 3.8) is 0 Å². The van der Waals surface area contributed by atoms with E-state index in [1.807, 2.05) is 0 Å². The summed E-state index contributed by atoms with van der Waals surface area (Å²) >= 11 is 0. The molecule has 1 amide bonds. The lowest BCUT2D eigenvalue weighted by molar-refractivity contribution is -0.140. The predicted molar refractivity (Wildman–Crippen MR) is 122 cm³/mol. The van der Waals surface area contributed by atoms with Gasteiger partial charge in [0.2, 0.25) is 0 Å². The number of carbonyl (C=O) groups is 2. The summed E-state index contributed by atoms with van der Waals surface area (Å²) in [5, 5.41) is 15.1. The normalized spacial score (nSPS) is 19.9. The van der Waals surface area contributed by atoms with Crippen LogP contribution in [0.15, 0.2) is 30.3 Å². The van der Waals surface area contributed by atoms with Crippen molar-refractivity contribution in [2.24, 2.45) is 5.92 Å². The topological polar surface area (TPSA) is 101 Å². The van der Waals surface area contributed by atoms with Crippen LogP contribution in [0.5, 0.6) is 0 Å². The van der Waals surface area contributed by atoms with Gasteiger partial charge in [0.05, 0.1) is 6.10 Å². The van der Waals surface area contributed by atoms with Crippen LogP contribution in [0.1, 0.15) is 53.7 Å². The molecule has 7 nitrogen and oxygen atoms in total. The molecule has 3 N–H and O–H groups in total. The van der Waals surface area contributed by atoms with Gasteiger partial charge in [-0.15, -0.1) is 0 Å². The van der Waals surface area contributed by atoms with Gasteiger partial charge in [-0.2, -0.15) is 0 Å². The van der Waals surface area contributed by atoms with E-state index in [1.165, 1.54) is 5.56 Å². The zero-order chi connectivity index (χ0) is 24.1. The zero-order valence-electron chi connectivity index (χ0n) is 18.9. The maximum Gasteiger partial charge on any atom is 0.326 e. The van der Waals surface area contributed by atoms with E-state index in [2.05, 4.69) is 22.8 Å². The van der Waals surface area contributed by atoms with Gasteiger partial charge in [-0.05, 0) is 74.3 Å². The molecule has 1 aromatic heterocycles. The maximum absolute atomic E-state index is 13.3. The number of fused-ring (bicyclic) bond motifs is 1. The fourth-order valence-corrected chi connectivity index (χ4v) is 4.40. The standard InChI is InChI=1S/C25H29F2N3O4/c26-20-8-5-17(14-21(20)27)24(31)30-22(25(32)33)9-11-34-19-12-15(13-19)3-6-18-7-4-16-2-1-10-28-23(16)29-18/h4-5,7-8,14-15,19,22H,1-3,6,9-13H2,(H,28,29)(H,30,31)(H,32,33)/t15-,19+,22?. The van der Waals surface area contributed by atoms with Crippen LogP contribution < -0.4 is 10.6 Å². The summed E-state index contributed by atoms with van der Waals surface area (Å²) in [6.07, 6.45) is 6.18. The maximum atomic E-state index is 13.3. The summed E-state index contributed by atoms with van der Waals surface area (Å²) in [5.74, 6) is -2.66. The number of halogens is 2. The van der Waals surface area contributed by atoms with Crippen LogP contribution in [0.4, 0.5) is 14.6 Å². The second-order valence-electron chi connectivity index (χ2n) is 8.99. The van der Waals surface area contributed by atoms with Crippen molar-refractivity contribution in [1.82, 2.24) is 10.3 Å². The number of aryl methyl sites for hydroxylation is 2. The number of anilines is 1. The molecule has 0 bridgehead atoms. The van der Waals surface area contributed by atoms with Crippen molar-refractivity contribution < 1.29 is 28.2 Å². The third-order valence-electron chi connectivity index (χ3n) is 6.50. The molecule has 0 saturated heterocycles. The lowest BCUT2D eigenvalue weighted by atomic mass is 9.79. The number of carbonyl (C=O) groups excluding carboxylic acids is 1. The van der Waals surface area contributed by atoms with Crippen molar-refractivity contribution in [1.29, 1.82) is 0 Å². The number of benzene rings is 1. The number of aliphatic carboxylic acids is 1. The molecule has 1 atom stereocenters. The van der Waals surface area contributed by atoms with E-state index < -0.39 is 29.6 Å². The average molecular weight is 474 g/mol. The molecular weight excluding hydrogens is 444 g/mol. The number of ether oxygens (including phenoxy) is 1. The summed E-state index contributed by atoms with van der Waals surface area (Å²) in [5.41, 5.74) is 2.24. The Hall–Kier alpha value is -3.07. The van der Waals surface area contributed by atoms with E-state index in [9.17, 15) is 23.5 Å². The summed E-state index contributed by atoms with van der Waals surface area (Å²) in [6, 6.07) is 5.77. The van der Waals surface area contributed by atoms with Gasteiger partial charge in [-0.25, -0.2) is 18.6 Å². The van der Waals surface area contributed by atoms with Gasteiger partial charge in [0.1, 0.15) is 11.9 Å². The van der Waals surface area contributed by atoms with E-state index in [4.69, 9.17) is 9.72 Å². The van der Waals surface area contributed by atoms with E-state index in [0.29, 0.717) is 5.92 Å². The number of hydrogen-bond donors (Lipinski definition) is 3. The molecule has 2 heterocycles. The largest absolute Gasteiger partial charge is 0.480 e. The van der Waals surface area contributed by atoms with Crippen LogP contribution in [0.2, 0.25) is 0 Å². The molecule has 2 aromatic rings. The summed E-state index contributed by atoms with van der Waals surface area (Å²) < 4.78 is 32.1. The Balaban J connectivity index is 1.15. The molecule has 0 radical (unpaired) electrons. The number of carboxylic acid groups (broad SMARTS) is 1. The van der Waals surface area contributed by atoms with E-state index in [-0.39, 0.29) is 24.7 Å². The van der Waals surface area contributed by atoms with E-state index in [1.54, 1.807) is 0 Å². The first-order chi connectivity index (χ1) is 16.4. The van der Waals surface area contributed by atoms with Gasteiger partial charge in [0.15, 0.2) is 11.6 Å². The minimum absolute atomic E-state index is 0.0813. The molecule has 182 valence electrons. The molecule has 4 rings (SSSR count). The Morgan fingerprint density at radius 3 is 2.79 bits per heavy atom. The first-order valence-corrected chi connectivity index (χ1v) is 11.7. The highest BCUT2D eigenvalue weighted by molar-refractivity contribution is 5.96. The van der Waals surface area contributed by atoms with Crippen molar-refractivity contribution in [3.05, 3.63) is 58.8 Å². The summed E-state index contributed by atoms with van der Waals surface area (Å²) in [7, 11) is 0. The smallest absolute Gasteiger partial charge is 0.326 e. The fraction of sp³-hybridized carbons (Fsp3) is 0.480. The quantitative estimate of drug-likeness (QED) is 0.486. The first kappa shape index (κ1) is 24.1. The number of aromatic nitrogens is 1. The summed E-state index contributed by atoms with van der Waals surface area (Å²) in [6.45, 7) is 1.16. The van der Waals surface area contributed by atoms with Crippen LogP contribution in [-0.2, 0) is 22.4 Å². The number of pyridine rings is 1. The molecule has 1 unspecified atom stereocenters. The van der Waals surface area contributed by atoms with Crippen LogP contribution in [-0.4, -0.2) is 47.3 Å². The van der Waals surface area contributed by atoms with Gasteiger partial charge in [0.25, 0.3) is 5.91 Å². The van der Waals surface area contributed by atoms with E-state index in [0.717, 1.165) is 74.8 Å². The van der Waals surface area contributed by atoms with Gasteiger partial charge >= 0.3 is 5.97 Å². The highest BCUT2D eigenvalue weighted by Crippen LogP contribution is 2.34. The molecule has 34 heavy (non-hydrogen) atoms. The average Bonchev–Trinajstić information content (AvgIpc) is 2.80. The molecular formula is C25H29F2N3O4. The lowest BCUT2D eigenvalue weighted by Gasteiger charge is -2.35. The third kappa shape index (κ3) is 6.08. The van der Waals surface area contributed by atoms with Crippen molar-refractivity contribution in [2.75, 3.05) is 18.5 Å². The highest BCUT2D eigenvalue weighted by Gasteiger charge is 2.30. The fourth-order valence-electron chi connectivity index (χ4n) is 4.40. The Bertz CT molecular complexity index is 1040. The van der Waals surface area contributed by atoms with E-state index >= 15 is 0 Å². The summed E-state index contributed by atoms with van der Waals surface area (Å²) in [4.78, 5) is 28.4. The van der Waals surface area contributed by atoms with Gasteiger partial charge in [-0.3, -0.25) is 4.79 Å². The van der Waals surface area contributed by atoms with Crippen LogP contribution in [0.25, 0.3) is 0 Å². The van der Waals surface area contributed by atoms with Gasteiger partial charge < -0.3 is 20.5 Å². The number of rotatable bonds is 10. The number of hydrogen-bond acceptors (Lipinski definition) is 5. The monoisotopic (exact) mass is 473 g/mol. The lowest BCUT2D eigenvalue weighted by Crippen LogP contribution is -2.42. The van der Waals surface area contributed by atoms with Crippen molar-refractivity contribution in [2.45, 2.75) is 57.1 Å². The minimum Gasteiger partial charge on any atom is -0.480 e. The number of amides is 1. The SMILES string of the molecule is O=C(NC(CCO[C@H]1C[C@@H](CCc2ccc3c(n2)NCCC3)C1)C(=O)O)c1ccc(F)c(F)c1. The van der Waals surface area contributed by atoms with Gasteiger partial charge in [-0.1, -0.05) is 6.07 Å². The number of nitrogens with one attached hydrogen (secondary N) is 2. The molecule has 2 aliphatic rings. The van der Waals surface area contributed by atoms with Crippen molar-refractivity contribution >= 4 is 17.7 Å². The Labute approximate surface area is 196 Å². The van der Waals surface area contributed by atoms with Crippen LogP contribution in [0, 0.1) is 17.6 Å². The van der Waals surface area contributed by atoms with Crippen LogP contribution in [0.3, 0.4) is 0 Å². The predicted octanol–water partition coefficient (Wildman–Crippen LogP) is 3.72. The Morgan fingerprint density at radius 1 is 1.21 bits per heavy atom. The highest BCUT2D eigenvalue weighted by atomic mass is 19.2. The number of carboxylic acids is 1. The third-order valence-corrected chi connectivity index (χ3v) is 6.50. The molecule has 1 aliphatic heterocycles. The molecule has 1 aromatic carbocycles. The molecule has 1 saturated carbocycles.